The van der Waals surface area contributed by atoms with E-state index < -0.39 is 9.84 Å². The maximum absolute atomic E-state index is 12.2. The van der Waals surface area contributed by atoms with Crippen LogP contribution in [0.1, 0.15) is 17.3 Å². The first kappa shape index (κ1) is 16.8. The second-order valence-corrected chi connectivity index (χ2v) is 6.70. The van der Waals surface area contributed by atoms with Gasteiger partial charge in [-0.2, -0.15) is 0 Å². The molecule has 6 heteroatoms. The van der Waals surface area contributed by atoms with Gasteiger partial charge < -0.3 is 10.6 Å². The lowest BCUT2D eigenvalue weighted by atomic mass is 10.2. The number of amides is 1. The summed E-state index contributed by atoms with van der Waals surface area (Å²) < 4.78 is 23.5. The van der Waals surface area contributed by atoms with E-state index in [0.717, 1.165) is 17.6 Å². The minimum atomic E-state index is -3.53. The summed E-state index contributed by atoms with van der Waals surface area (Å²) in [5, 5.41) is 6.72. The molecule has 0 heterocycles. The van der Waals surface area contributed by atoms with Crippen molar-refractivity contribution in [2.75, 3.05) is 17.2 Å². The van der Waals surface area contributed by atoms with Gasteiger partial charge in [0, 0.05) is 28.9 Å². The predicted octanol–water partition coefficient (Wildman–Crippen LogP) is 3.29. The lowest BCUT2D eigenvalue weighted by Gasteiger charge is -2.08. The Morgan fingerprint density at radius 2 is 1.83 bits per heavy atom. The van der Waals surface area contributed by atoms with Gasteiger partial charge in [0.15, 0.2) is 9.84 Å². The zero-order valence-corrected chi connectivity index (χ0v) is 13.6. The van der Waals surface area contributed by atoms with Crippen LogP contribution in [0, 0.1) is 0 Å². The molecular weight excluding hydrogens is 312 g/mol. The van der Waals surface area contributed by atoms with Gasteiger partial charge >= 0.3 is 0 Å². The Kier molecular flexibility index (Phi) is 5.18. The Labute approximate surface area is 136 Å². The lowest BCUT2D eigenvalue weighted by molar-refractivity contribution is 0.102. The van der Waals surface area contributed by atoms with Crippen LogP contribution in [0.15, 0.2) is 65.4 Å². The van der Waals surface area contributed by atoms with Crippen LogP contribution in [0.5, 0.6) is 0 Å². The molecule has 0 bridgehead atoms. The molecule has 0 aliphatic carbocycles. The molecule has 0 saturated heterocycles. The van der Waals surface area contributed by atoms with Crippen molar-refractivity contribution in [2.45, 2.75) is 11.8 Å². The molecule has 0 fully saturated rings. The first-order chi connectivity index (χ1) is 11.0. The molecule has 120 valence electrons. The van der Waals surface area contributed by atoms with Gasteiger partial charge in [-0.05, 0) is 49.4 Å². The first-order valence-electron chi connectivity index (χ1n) is 7.09. The van der Waals surface area contributed by atoms with Crippen LogP contribution in [0.4, 0.5) is 11.4 Å². The van der Waals surface area contributed by atoms with E-state index in [1.807, 2.05) is 19.1 Å². The maximum Gasteiger partial charge on any atom is 0.255 e. The summed E-state index contributed by atoms with van der Waals surface area (Å²) >= 11 is 0. The van der Waals surface area contributed by atoms with E-state index >= 15 is 0 Å². The van der Waals surface area contributed by atoms with Crippen molar-refractivity contribution in [3.05, 3.63) is 66.1 Å². The molecule has 2 N–H and O–H groups in total. The Morgan fingerprint density at radius 1 is 1.13 bits per heavy atom. The summed E-state index contributed by atoms with van der Waals surface area (Å²) in [4.78, 5) is 12.3. The molecule has 5 nitrogen and oxygen atoms in total. The van der Waals surface area contributed by atoms with Crippen LogP contribution in [-0.4, -0.2) is 20.9 Å². The Hall–Kier alpha value is -2.60. The van der Waals surface area contributed by atoms with E-state index in [1.165, 1.54) is 12.1 Å². The Morgan fingerprint density at radius 3 is 2.43 bits per heavy atom. The van der Waals surface area contributed by atoms with E-state index in [9.17, 15) is 13.2 Å². The molecule has 2 aromatic rings. The quantitative estimate of drug-likeness (QED) is 0.852. The maximum atomic E-state index is 12.2. The van der Waals surface area contributed by atoms with Crippen molar-refractivity contribution < 1.29 is 13.2 Å². The predicted molar refractivity (Wildman–Crippen MR) is 92.4 cm³/mol. The minimum Gasteiger partial charge on any atom is -0.385 e. The van der Waals surface area contributed by atoms with Crippen LogP contribution in [-0.2, 0) is 9.84 Å². The highest BCUT2D eigenvalue weighted by Crippen LogP contribution is 2.18. The topological polar surface area (TPSA) is 75.3 Å². The van der Waals surface area contributed by atoms with Crippen molar-refractivity contribution in [1.29, 1.82) is 0 Å². The monoisotopic (exact) mass is 330 g/mol. The zero-order valence-electron chi connectivity index (χ0n) is 12.7. The zero-order chi connectivity index (χ0) is 16.9. The standard InChI is InChI=1S/C17H18N2O3S/c1-3-18-14-10-8-13(9-11-14)17(20)19-15-6-5-7-16(12-15)23(21,22)4-2/h4-12,18H,2-3H2,1H3,(H,19,20). The molecule has 0 aliphatic heterocycles. The number of hydrogen-bond acceptors (Lipinski definition) is 4. The van der Waals surface area contributed by atoms with Crippen LogP contribution in [0.2, 0.25) is 0 Å². The van der Waals surface area contributed by atoms with Crippen LogP contribution < -0.4 is 10.6 Å². The third kappa shape index (κ3) is 4.20. The van der Waals surface area contributed by atoms with Gasteiger partial charge in [0.05, 0.1) is 4.90 Å². The molecule has 0 unspecified atom stereocenters. The first-order valence-corrected chi connectivity index (χ1v) is 8.64. The Balaban J connectivity index is 2.17. The van der Waals surface area contributed by atoms with Gasteiger partial charge in [-0.1, -0.05) is 12.6 Å². The van der Waals surface area contributed by atoms with Crippen molar-refractivity contribution >= 4 is 27.1 Å². The summed E-state index contributed by atoms with van der Waals surface area (Å²) in [5.41, 5.74) is 1.83. The minimum absolute atomic E-state index is 0.0905. The van der Waals surface area contributed by atoms with Crippen molar-refractivity contribution in [3.8, 4) is 0 Å². The smallest absolute Gasteiger partial charge is 0.255 e. The normalized spacial score (nSPS) is 10.8. The van der Waals surface area contributed by atoms with Crippen LogP contribution in [0.3, 0.4) is 0 Å². The SMILES string of the molecule is C=CS(=O)(=O)c1cccc(NC(=O)c2ccc(NCC)cc2)c1. The summed E-state index contributed by atoms with van der Waals surface area (Å²) in [6.45, 7) is 6.08. The number of carbonyl (C=O) groups excluding carboxylic acids is 1. The average Bonchev–Trinajstić information content (AvgIpc) is 2.56. The van der Waals surface area contributed by atoms with Gasteiger partial charge in [-0.15, -0.1) is 0 Å². The highest BCUT2D eigenvalue weighted by atomic mass is 32.2. The summed E-state index contributed by atoms with van der Waals surface area (Å²) in [6.07, 6.45) is 0. The fourth-order valence-electron chi connectivity index (χ4n) is 1.99. The highest BCUT2D eigenvalue weighted by molar-refractivity contribution is 7.94. The average molecular weight is 330 g/mol. The van der Waals surface area contributed by atoms with Gasteiger partial charge in [0.25, 0.3) is 5.91 Å². The van der Waals surface area contributed by atoms with Crippen molar-refractivity contribution in [2.24, 2.45) is 0 Å². The fraction of sp³-hybridized carbons (Fsp3) is 0.118. The van der Waals surface area contributed by atoms with E-state index in [2.05, 4.69) is 17.2 Å². The highest BCUT2D eigenvalue weighted by Gasteiger charge is 2.11. The van der Waals surface area contributed by atoms with E-state index in [0.29, 0.717) is 11.3 Å². The second-order valence-electron chi connectivity index (χ2n) is 4.80. The number of carbonyl (C=O) groups is 1. The van der Waals surface area contributed by atoms with Gasteiger partial charge in [0.2, 0.25) is 0 Å². The number of hydrogen-bond donors (Lipinski definition) is 2. The lowest BCUT2D eigenvalue weighted by Crippen LogP contribution is -2.12. The molecule has 0 aliphatic rings. The molecule has 2 rings (SSSR count). The molecular formula is C17H18N2O3S. The van der Waals surface area contributed by atoms with Gasteiger partial charge in [0.1, 0.15) is 0 Å². The van der Waals surface area contributed by atoms with Crippen molar-refractivity contribution in [1.82, 2.24) is 0 Å². The molecule has 0 aromatic heterocycles. The third-order valence-electron chi connectivity index (χ3n) is 3.17. The third-order valence-corrected chi connectivity index (χ3v) is 4.52. The summed E-state index contributed by atoms with van der Waals surface area (Å²) in [7, 11) is -3.53. The number of benzene rings is 2. The molecule has 2 aromatic carbocycles. The largest absolute Gasteiger partial charge is 0.385 e. The molecule has 0 saturated carbocycles. The van der Waals surface area contributed by atoms with Crippen LogP contribution in [0.25, 0.3) is 0 Å². The molecule has 1 amide bonds. The van der Waals surface area contributed by atoms with Gasteiger partial charge in [-0.3, -0.25) is 4.79 Å². The van der Waals surface area contributed by atoms with Crippen LogP contribution >= 0.6 is 0 Å². The van der Waals surface area contributed by atoms with Crippen molar-refractivity contribution in [3.63, 3.8) is 0 Å². The van der Waals surface area contributed by atoms with Gasteiger partial charge in [-0.25, -0.2) is 8.42 Å². The number of nitrogens with one attached hydrogen (secondary N) is 2. The number of anilines is 2. The molecule has 0 radical (unpaired) electrons. The van der Waals surface area contributed by atoms with E-state index in [1.54, 1.807) is 24.3 Å². The number of rotatable bonds is 6. The van der Waals surface area contributed by atoms with E-state index in [4.69, 9.17) is 0 Å². The second kappa shape index (κ2) is 7.11. The van der Waals surface area contributed by atoms with E-state index in [-0.39, 0.29) is 10.8 Å². The number of sulfone groups is 1. The summed E-state index contributed by atoms with van der Waals surface area (Å²) in [5.74, 6) is -0.304. The molecule has 23 heavy (non-hydrogen) atoms. The summed E-state index contributed by atoms with van der Waals surface area (Å²) in [6, 6.07) is 13.1. The fourth-order valence-corrected chi connectivity index (χ4v) is 2.75. The Bertz CT molecular complexity index is 812. The molecule has 0 spiro atoms. The molecule has 0 atom stereocenters.